The summed E-state index contributed by atoms with van der Waals surface area (Å²) in [5, 5.41) is 6.92. The number of pyridine rings is 1. The Morgan fingerprint density at radius 1 is 1.47 bits per heavy atom. The molecule has 0 unspecified atom stereocenters. The van der Waals surface area contributed by atoms with Crippen LogP contribution in [0, 0.1) is 13.8 Å². The molecule has 1 aliphatic heterocycles. The van der Waals surface area contributed by atoms with Gasteiger partial charge in [0.15, 0.2) is 0 Å². The highest BCUT2D eigenvalue weighted by molar-refractivity contribution is 5.45. The van der Waals surface area contributed by atoms with Crippen molar-refractivity contribution in [3.63, 3.8) is 0 Å². The first-order valence-electron chi connectivity index (χ1n) is 5.58. The maximum Gasteiger partial charge on any atom is 0.129 e. The van der Waals surface area contributed by atoms with Crippen LogP contribution in [-0.2, 0) is 0 Å². The molecule has 0 spiro atoms. The maximum atomic E-state index is 4.43. The molecule has 1 aromatic heterocycles. The number of hydrogen-bond donors (Lipinski definition) is 2. The van der Waals surface area contributed by atoms with E-state index in [0.717, 1.165) is 12.4 Å². The van der Waals surface area contributed by atoms with Crippen molar-refractivity contribution >= 4 is 5.82 Å². The zero-order chi connectivity index (χ0) is 10.8. The molecule has 0 aliphatic carbocycles. The van der Waals surface area contributed by atoms with E-state index in [9.17, 15) is 0 Å². The van der Waals surface area contributed by atoms with Gasteiger partial charge < -0.3 is 10.6 Å². The molecule has 0 saturated carbocycles. The Bertz CT molecular complexity index is 349. The summed E-state index contributed by atoms with van der Waals surface area (Å²) in [6.45, 7) is 7.43. The van der Waals surface area contributed by atoms with E-state index in [2.05, 4.69) is 42.5 Å². The Kier molecular flexibility index (Phi) is 2.91. The van der Waals surface area contributed by atoms with E-state index in [1.54, 1.807) is 0 Å². The van der Waals surface area contributed by atoms with Gasteiger partial charge in [0, 0.05) is 24.8 Å². The van der Waals surface area contributed by atoms with Gasteiger partial charge in [-0.1, -0.05) is 6.07 Å². The topological polar surface area (TPSA) is 37.0 Å². The largest absolute Gasteiger partial charge is 0.366 e. The molecule has 1 fully saturated rings. The first-order chi connectivity index (χ1) is 7.15. The predicted molar refractivity (Wildman–Crippen MR) is 63.2 cm³/mol. The Labute approximate surface area is 91.3 Å². The summed E-state index contributed by atoms with van der Waals surface area (Å²) in [6.07, 6.45) is 3.09. The van der Waals surface area contributed by atoms with E-state index in [1.807, 2.05) is 6.20 Å². The van der Waals surface area contributed by atoms with Crippen molar-refractivity contribution in [3.05, 3.63) is 23.4 Å². The standard InChI is InChI=1S/C12H19N3/c1-8-4-9(2)12(14-6-8)15-11-5-10(3)13-7-11/h4,6,10-11,13H,5,7H2,1-3H3,(H,14,15)/t10-,11+/m1/s1. The van der Waals surface area contributed by atoms with Crippen molar-refractivity contribution in [2.75, 3.05) is 11.9 Å². The lowest BCUT2D eigenvalue weighted by molar-refractivity contribution is 0.661. The minimum atomic E-state index is 0.522. The third-order valence-corrected chi connectivity index (χ3v) is 2.91. The van der Waals surface area contributed by atoms with Gasteiger partial charge >= 0.3 is 0 Å². The summed E-state index contributed by atoms with van der Waals surface area (Å²) in [4.78, 5) is 4.43. The molecule has 3 nitrogen and oxygen atoms in total. The molecular formula is C12H19N3. The molecule has 0 aromatic carbocycles. The summed E-state index contributed by atoms with van der Waals surface area (Å²) >= 11 is 0. The summed E-state index contributed by atoms with van der Waals surface area (Å²) in [6, 6.07) is 3.31. The number of aryl methyl sites for hydroxylation is 2. The number of aromatic nitrogens is 1. The lowest BCUT2D eigenvalue weighted by atomic mass is 10.1. The number of anilines is 1. The fourth-order valence-electron chi connectivity index (χ4n) is 2.11. The van der Waals surface area contributed by atoms with E-state index < -0.39 is 0 Å². The molecule has 0 radical (unpaired) electrons. The SMILES string of the molecule is Cc1cnc(N[C@@H]2CN[C@H](C)C2)c(C)c1. The molecule has 2 heterocycles. The monoisotopic (exact) mass is 205 g/mol. The number of nitrogens with one attached hydrogen (secondary N) is 2. The van der Waals surface area contributed by atoms with Crippen LogP contribution in [0.3, 0.4) is 0 Å². The number of nitrogens with zero attached hydrogens (tertiary/aromatic N) is 1. The van der Waals surface area contributed by atoms with Crippen LogP contribution in [0.1, 0.15) is 24.5 Å². The molecule has 0 amide bonds. The maximum absolute atomic E-state index is 4.43. The Hall–Kier alpha value is -1.09. The molecule has 2 rings (SSSR count). The second-order valence-corrected chi connectivity index (χ2v) is 4.56. The van der Waals surface area contributed by atoms with Crippen molar-refractivity contribution < 1.29 is 0 Å². The summed E-state index contributed by atoms with van der Waals surface area (Å²) in [5.74, 6) is 1.03. The van der Waals surface area contributed by atoms with Gasteiger partial charge in [-0.05, 0) is 38.3 Å². The van der Waals surface area contributed by atoms with Crippen molar-refractivity contribution in [1.29, 1.82) is 0 Å². The molecule has 0 bridgehead atoms. The fraction of sp³-hybridized carbons (Fsp3) is 0.583. The number of rotatable bonds is 2. The third-order valence-electron chi connectivity index (χ3n) is 2.91. The molecular weight excluding hydrogens is 186 g/mol. The molecule has 2 atom stereocenters. The molecule has 2 N–H and O–H groups in total. The van der Waals surface area contributed by atoms with Gasteiger partial charge in [0.05, 0.1) is 0 Å². The van der Waals surface area contributed by atoms with Crippen LogP contribution >= 0.6 is 0 Å². The van der Waals surface area contributed by atoms with Gasteiger partial charge in [-0.3, -0.25) is 0 Å². The quantitative estimate of drug-likeness (QED) is 0.774. The van der Waals surface area contributed by atoms with E-state index in [1.165, 1.54) is 17.5 Å². The average molecular weight is 205 g/mol. The fourth-order valence-corrected chi connectivity index (χ4v) is 2.11. The first-order valence-corrected chi connectivity index (χ1v) is 5.58. The predicted octanol–water partition coefficient (Wildman–Crippen LogP) is 1.86. The van der Waals surface area contributed by atoms with Gasteiger partial charge in [0.2, 0.25) is 0 Å². The molecule has 1 saturated heterocycles. The Morgan fingerprint density at radius 2 is 2.27 bits per heavy atom. The molecule has 1 aromatic rings. The van der Waals surface area contributed by atoms with Gasteiger partial charge in [0.25, 0.3) is 0 Å². The highest BCUT2D eigenvalue weighted by Crippen LogP contribution is 2.16. The lowest BCUT2D eigenvalue weighted by Gasteiger charge is -2.14. The number of hydrogen-bond acceptors (Lipinski definition) is 3. The van der Waals surface area contributed by atoms with Crippen LogP contribution in [-0.4, -0.2) is 23.6 Å². The van der Waals surface area contributed by atoms with Crippen molar-refractivity contribution in [2.45, 2.75) is 39.3 Å². The van der Waals surface area contributed by atoms with Gasteiger partial charge in [-0.2, -0.15) is 0 Å². The van der Waals surface area contributed by atoms with Crippen molar-refractivity contribution in [1.82, 2.24) is 10.3 Å². The average Bonchev–Trinajstić information content (AvgIpc) is 2.56. The van der Waals surface area contributed by atoms with Gasteiger partial charge in [-0.15, -0.1) is 0 Å². The Morgan fingerprint density at radius 3 is 2.87 bits per heavy atom. The molecule has 3 heteroatoms. The summed E-state index contributed by atoms with van der Waals surface area (Å²) in [5.41, 5.74) is 2.45. The second-order valence-electron chi connectivity index (χ2n) is 4.56. The van der Waals surface area contributed by atoms with Crippen LogP contribution in [0.2, 0.25) is 0 Å². The second kappa shape index (κ2) is 4.19. The smallest absolute Gasteiger partial charge is 0.129 e. The van der Waals surface area contributed by atoms with Crippen molar-refractivity contribution in [2.24, 2.45) is 0 Å². The van der Waals surface area contributed by atoms with Crippen LogP contribution in [0.4, 0.5) is 5.82 Å². The molecule has 1 aliphatic rings. The van der Waals surface area contributed by atoms with Crippen LogP contribution in [0.25, 0.3) is 0 Å². The highest BCUT2D eigenvalue weighted by Gasteiger charge is 2.20. The zero-order valence-electron chi connectivity index (χ0n) is 9.67. The normalized spacial score (nSPS) is 25.5. The Balaban J connectivity index is 2.04. The van der Waals surface area contributed by atoms with Crippen molar-refractivity contribution in [3.8, 4) is 0 Å². The van der Waals surface area contributed by atoms with E-state index in [-0.39, 0.29) is 0 Å². The van der Waals surface area contributed by atoms with Crippen LogP contribution in [0.15, 0.2) is 12.3 Å². The summed E-state index contributed by atoms with van der Waals surface area (Å²) < 4.78 is 0. The van der Waals surface area contributed by atoms with Gasteiger partial charge in [-0.25, -0.2) is 4.98 Å². The minimum absolute atomic E-state index is 0.522. The lowest BCUT2D eigenvalue weighted by Crippen LogP contribution is -2.23. The molecule has 15 heavy (non-hydrogen) atoms. The van der Waals surface area contributed by atoms with E-state index >= 15 is 0 Å². The summed E-state index contributed by atoms with van der Waals surface area (Å²) in [7, 11) is 0. The van der Waals surface area contributed by atoms with Gasteiger partial charge in [0.1, 0.15) is 5.82 Å². The first kappa shape index (κ1) is 10.4. The van der Waals surface area contributed by atoms with E-state index in [4.69, 9.17) is 0 Å². The van der Waals surface area contributed by atoms with Crippen LogP contribution < -0.4 is 10.6 Å². The van der Waals surface area contributed by atoms with Crippen LogP contribution in [0.5, 0.6) is 0 Å². The van der Waals surface area contributed by atoms with E-state index in [0.29, 0.717) is 12.1 Å². The third kappa shape index (κ3) is 2.48. The zero-order valence-corrected chi connectivity index (χ0v) is 9.67. The highest BCUT2D eigenvalue weighted by atomic mass is 15.1. The minimum Gasteiger partial charge on any atom is -0.366 e. The molecule has 82 valence electrons.